The van der Waals surface area contributed by atoms with Crippen molar-refractivity contribution < 1.29 is 14.3 Å². The Labute approximate surface area is 155 Å². The van der Waals surface area contributed by atoms with Crippen molar-refractivity contribution in [3.63, 3.8) is 0 Å². The lowest BCUT2D eigenvalue weighted by Gasteiger charge is -2.17. The maximum absolute atomic E-state index is 12.9. The van der Waals surface area contributed by atoms with Crippen LogP contribution in [-0.2, 0) is 4.79 Å². The summed E-state index contributed by atoms with van der Waals surface area (Å²) in [6, 6.07) is 11.6. The van der Waals surface area contributed by atoms with Gasteiger partial charge in [-0.1, -0.05) is 42.2 Å². The first-order valence-electron chi connectivity index (χ1n) is 7.78. The molecular weight excluding hydrogens is 354 g/mol. The van der Waals surface area contributed by atoms with Gasteiger partial charge in [-0.3, -0.25) is 9.69 Å². The molecule has 4 rings (SSSR count). The molecule has 2 aromatic carbocycles. The van der Waals surface area contributed by atoms with E-state index < -0.39 is 0 Å². The fraction of sp³-hybridized carbons (Fsp3) is 0.158. The van der Waals surface area contributed by atoms with Crippen LogP contribution in [0.25, 0.3) is 6.08 Å². The Morgan fingerprint density at radius 2 is 1.92 bits per heavy atom. The summed E-state index contributed by atoms with van der Waals surface area (Å²) in [5, 5.41) is 0. The van der Waals surface area contributed by atoms with E-state index in [1.807, 2.05) is 56.3 Å². The Morgan fingerprint density at radius 3 is 2.76 bits per heavy atom. The molecule has 2 aliphatic rings. The average molecular weight is 369 g/mol. The number of amides is 1. The number of hydrogen-bond acceptors (Lipinski definition) is 5. The minimum Gasteiger partial charge on any atom is -0.454 e. The molecule has 0 spiro atoms. The van der Waals surface area contributed by atoms with Crippen LogP contribution in [0, 0.1) is 13.8 Å². The van der Waals surface area contributed by atoms with Crippen molar-refractivity contribution in [2.24, 2.45) is 0 Å². The van der Waals surface area contributed by atoms with Gasteiger partial charge in [0, 0.05) is 0 Å². The number of nitrogens with zero attached hydrogens (tertiary/aromatic N) is 1. The van der Waals surface area contributed by atoms with Crippen LogP contribution < -0.4 is 14.4 Å². The monoisotopic (exact) mass is 369 g/mol. The third kappa shape index (κ3) is 2.92. The van der Waals surface area contributed by atoms with Gasteiger partial charge < -0.3 is 9.47 Å². The molecule has 1 amide bonds. The first-order valence-corrected chi connectivity index (χ1v) is 9.00. The number of rotatable bonds is 2. The van der Waals surface area contributed by atoms with Crippen LogP contribution in [-0.4, -0.2) is 17.0 Å². The second-order valence-corrected chi connectivity index (χ2v) is 7.60. The Morgan fingerprint density at radius 1 is 1.12 bits per heavy atom. The van der Waals surface area contributed by atoms with E-state index in [2.05, 4.69) is 0 Å². The Bertz CT molecular complexity index is 936. The van der Waals surface area contributed by atoms with E-state index in [0.717, 1.165) is 28.1 Å². The highest BCUT2D eigenvalue weighted by atomic mass is 32.2. The summed E-state index contributed by atoms with van der Waals surface area (Å²) in [6.07, 6.45) is 1.84. The molecule has 0 unspecified atom stereocenters. The summed E-state index contributed by atoms with van der Waals surface area (Å²) in [5.41, 5.74) is 3.84. The summed E-state index contributed by atoms with van der Waals surface area (Å²) in [7, 11) is 0. The predicted octanol–water partition coefficient (Wildman–Crippen LogP) is 4.44. The van der Waals surface area contributed by atoms with Crippen molar-refractivity contribution in [1.82, 2.24) is 0 Å². The van der Waals surface area contributed by atoms with Crippen LogP contribution in [0.2, 0.25) is 0 Å². The second kappa shape index (κ2) is 6.20. The van der Waals surface area contributed by atoms with Gasteiger partial charge in [-0.2, -0.15) is 0 Å². The molecule has 0 radical (unpaired) electrons. The molecule has 0 aliphatic carbocycles. The molecule has 0 aromatic heterocycles. The normalized spacial score (nSPS) is 17.7. The number of thioether (sulfide) groups is 1. The maximum Gasteiger partial charge on any atom is 0.270 e. The number of anilines is 1. The van der Waals surface area contributed by atoms with Gasteiger partial charge in [0.25, 0.3) is 5.91 Å². The first kappa shape index (κ1) is 16.2. The molecule has 0 saturated carbocycles. The molecule has 2 aromatic rings. The summed E-state index contributed by atoms with van der Waals surface area (Å²) in [6.45, 7) is 4.21. The van der Waals surface area contributed by atoms with E-state index >= 15 is 0 Å². The number of benzene rings is 2. The lowest BCUT2D eigenvalue weighted by Crippen LogP contribution is -2.28. The molecule has 2 aliphatic heterocycles. The fourth-order valence-corrected chi connectivity index (χ4v) is 4.07. The second-order valence-electron chi connectivity index (χ2n) is 5.92. The zero-order chi connectivity index (χ0) is 17.6. The van der Waals surface area contributed by atoms with E-state index in [1.54, 1.807) is 4.90 Å². The number of fused-ring (bicyclic) bond motifs is 1. The van der Waals surface area contributed by atoms with Crippen LogP contribution >= 0.6 is 24.0 Å². The number of thiocarbonyl (C=S) groups is 1. The topological polar surface area (TPSA) is 38.8 Å². The summed E-state index contributed by atoms with van der Waals surface area (Å²) in [5.74, 6) is 1.32. The molecule has 4 nitrogen and oxygen atoms in total. The van der Waals surface area contributed by atoms with E-state index in [1.165, 1.54) is 11.8 Å². The van der Waals surface area contributed by atoms with Crippen molar-refractivity contribution in [2.75, 3.05) is 11.7 Å². The number of ether oxygens (including phenoxy) is 2. The van der Waals surface area contributed by atoms with E-state index in [0.29, 0.717) is 15.0 Å². The van der Waals surface area contributed by atoms with Gasteiger partial charge in [0.2, 0.25) is 6.79 Å². The van der Waals surface area contributed by atoms with Crippen LogP contribution in [0.1, 0.15) is 16.7 Å². The zero-order valence-electron chi connectivity index (χ0n) is 13.7. The molecule has 0 N–H and O–H groups in total. The maximum atomic E-state index is 12.9. The molecule has 1 saturated heterocycles. The van der Waals surface area contributed by atoms with Crippen LogP contribution in [0.5, 0.6) is 11.5 Å². The Kier molecular flexibility index (Phi) is 4.01. The highest BCUT2D eigenvalue weighted by molar-refractivity contribution is 8.27. The molecule has 126 valence electrons. The molecule has 6 heteroatoms. The van der Waals surface area contributed by atoms with Crippen LogP contribution in [0.3, 0.4) is 0 Å². The Balaban J connectivity index is 1.68. The summed E-state index contributed by atoms with van der Waals surface area (Å²) >= 11 is 6.77. The fourth-order valence-electron chi connectivity index (χ4n) is 2.79. The van der Waals surface area contributed by atoms with E-state index in [-0.39, 0.29) is 12.7 Å². The van der Waals surface area contributed by atoms with E-state index in [9.17, 15) is 4.79 Å². The van der Waals surface area contributed by atoms with Crippen molar-refractivity contribution in [2.45, 2.75) is 13.8 Å². The third-order valence-electron chi connectivity index (χ3n) is 4.09. The molecule has 0 atom stereocenters. The van der Waals surface area contributed by atoms with Gasteiger partial charge in [-0.05, 0) is 54.8 Å². The quantitative estimate of drug-likeness (QED) is 0.578. The summed E-state index contributed by atoms with van der Waals surface area (Å²) in [4.78, 5) is 15.1. The minimum atomic E-state index is -0.0960. The lowest BCUT2D eigenvalue weighted by atomic mass is 10.1. The number of carbonyl (C=O) groups is 1. The molecular formula is C19H15NO3S2. The number of carbonyl (C=O) groups excluding carboxylic acids is 1. The number of aryl methyl sites for hydroxylation is 2. The molecule has 25 heavy (non-hydrogen) atoms. The van der Waals surface area contributed by atoms with Crippen molar-refractivity contribution in [3.05, 3.63) is 58.0 Å². The minimum absolute atomic E-state index is 0.0960. The summed E-state index contributed by atoms with van der Waals surface area (Å²) < 4.78 is 11.3. The third-order valence-corrected chi connectivity index (χ3v) is 5.40. The highest BCUT2D eigenvalue weighted by Gasteiger charge is 2.34. The van der Waals surface area contributed by atoms with E-state index in [4.69, 9.17) is 21.7 Å². The lowest BCUT2D eigenvalue weighted by molar-refractivity contribution is -0.113. The van der Waals surface area contributed by atoms with Gasteiger partial charge in [-0.15, -0.1) is 0 Å². The van der Waals surface area contributed by atoms with Gasteiger partial charge in [0.15, 0.2) is 15.8 Å². The van der Waals surface area contributed by atoms with Crippen molar-refractivity contribution in [3.8, 4) is 11.5 Å². The standard InChI is InChI=1S/C19H15NO3S2/c1-11-3-4-12(2)14(7-11)20-18(21)17(25-19(20)24)9-13-5-6-15-16(8-13)23-10-22-15/h3-9H,10H2,1-2H3. The first-order chi connectivity index (χ1) is 12.0. The highest BCUT2D eigenvalue weighted by Crippen LogP contribution is 2.39. The van der Waals surface area contributed by atoms with Crippen molar-refractivity contribution >= 4 is 46.0 Å². The van der Waals surface area contributed by atoms with Gasteiger partial charge >= 0.3 is 0 Å². The molecule has 0 bridgehead atoms. The van der Waals surface area contributed by atoms with Gasteiger partial charge in [-0.25, -0.2) is 0 Å². The van der Waals surface area contributed by atoms with Crippen LogP contribution in [0.4, 0.5) is 5.69 Å². The SMILES string of the molecule is Cc1ccc(C)c(N2C(=O)C(=Cc3ccc4c(c3)OCO4)SC2=S)c1. The largest absolute Gasteiger partial charge is 0.454 e. The van der Waals surface area contributed by atoms with Gasteiger partial charge in [0.1, 0.15) is 0 Å². The number of hydrogen-bond donors (Lipinski definition) is 0. The molecule has 1 fully saturated rings. The zero-order valence-corrected chi connectivity index (χ0v) is 15.4. The smallest absolute Gasteiger partial charge is 0.270 e. The van der Waals surface area contributed by atoms with Gasteiger partial charge in [0.05, 0.1) is 10.6 Å². The average Bonchev–Trinajstić information content (AvgIpc) is 3.15. The Hall–Kier alpha value is -2.31. The van der Waals surface area contributed by atoms with Crippen LogP contribution in [0.15, 0.2) is 41.3 Å². The molecule has 2 heterocycles. The predicted molar refractivity (Wildman–Crippen MR) is 104 cm³/mol. The van der Waals surface area contributed by atoms with Crippen molar-refractivity contribution in [1.29, 1.82) is 0 Å².